The van der Waals surface area contributed by atoms with Crippen LogP contribution in [0.2, 0.25) is 0 Å². The minimum atomic E-state index is -1.10. The standard InChI is InChI=1S/C31H38INO2/c1-7-31(4,5)20-23-12-16-28-26(18-23)27-19-25(32(6)8-2)15-17-29(27)33(28)21-22-10-13-24(14-11-22)30(34)35-9-3/h10-19H,7-9,20-21H2,1-6H3. The quantitative estimate of drug-likeness (QED) is 0.113. The molecule has 0 saturated carbocycles. The Balaban J connectivity index is 1.80. The molecule has 0 fully saturated rings. The van der Waals surface area contributed by atoms with Crippen molar-refractivity contribution in [1.82, 2.24) is 4.57 Å². The Morgan fingerprint density at radius 2 is 1.51 bits per heavy atom. The molecule has 0 spiro atoms. The number of halogens is 1. The van der Waals surface area contributed by atoms with E-state index in [-0.39, 0.29) is 5.97 Å². The van der Waals surface area contributed by atoms with Gasteiger partial charge in [0, 0.05) is 0 Å². The normalized spacial score (nSPS) is 12.3. The van der Waals surface area contributed by atoms with Crippen molar-refractivity contribution in [2.75, 3.05) is 16.0 Å². The molecule has 0 aliphatic carbocycles. The second-order valence-corrected chi connectivity index (χ2v) is 16.2. The van der Waals surface area contributed by atoms with Crippen LogP contribution >= 0.6 is 19.8 Å². The van der Waals surface area contributed by atoms with E-state index in [0.29, 0.717) is 17.6 Å². The number of hydrogen-bond acceptors (Lipinski definition) is 2. The molecule has 0 aliphatic rings. The van der Waals surface area contributed by atoms with Crippen LogP contribution in [0.4, 0.5) is 0 Å². The van der Waals surface area contributed by atoms with Gasteiger partial charge in [-0.25, -0.2) is 0 Å². The van der Waals surface area contributed by atoms with Crippen LogP contribution in [-0.2, 0) is 17.7 Å². The van der Waals surface area contributed by atoms with E-state index in [2.05, 4.69) is 73.6 Å². The van der Waals surface area contributed by atoms with Crippen molar-refractivity contribution in [1.29, 1.82) is 0 Å². The molecule has 1 aromatic heterocycles. The molecule has 4 rings (SSSR count). The summed E-state index contributed by atoms with van der Waals surface area (Å²) in [6.45, 7) is 12.3. The van der Waals surface area contributed by atoms with Gasteiger partial charge in [0.2, 0.25) is 0 Å². The average Bonchev–Trinajstić information content (AvgIpc) is 3.16. The second-order valence-electron chi connectivity index (χ2n) is 10.1. The molecule has 4 aromatic rings. The van der Waals surface area contributed by atoms with Crippen LogP contribution in [0.25, 0.3) is 21.8 Å². The predicted molar refractivity (Wildman–Crippen MR) is 158 cm³/mol. The number of esters is 1. The number of benzene rings is 3. The summed E-state index contributed by atoms with van der Waals surface area (Å²) in [6, 6.07) is 22.1. The molecule has 0 unspecified atom stereocenters. The van der Waals surface area contributed by atoms with Crippen LogP contribution in [0.15, 0.2) is 60.7 Å². The van der Waals surface area contributed by atoms with Gasteiger partial charge in [-0.3, -0.25) is 0 Å². The third-order valence-electron chi connectivity index (χ3n) is 7.11. The molecule has 3 nitrogen and oxygen atoms in total. The number of carbonyl (C=O) groups excluding carboxylic acids is 1. The van der Waals surface area contributed by atoms with Crippen LogP contribution in [0.3, 0.4) is 0 Å². The van der Waals surface area contributed by atoms with Gasteiger partial charge in [0.1, 0.15) is 0 Å². The van der Waals surface area contributed by atoms with E-state index in [9.17, 15) is 4.79 Å². The first-order valence-electron chi connectivity index (χ1n) is 12.6. The van der Waals surface area contributed by atoms with Crippen molar-refractivity contribution in [3.8, 4) is 0 Å². The molecule has 0 amide bonds. The number of alkyl halides is 2. The van der Waals surface area contributed by atoms with Gasteiger partial charge in [-0.05, 0) is 6.92 Å². The van der Waals surface area contributed by atoms with Crippen molar-refractivity contribution in [2.24, 2.45) is 5.41 Å². The van der Waals surface area contributed by atoms with Gasteiger partial charge in [0.15, 0.2) is 0 Å². The van der Waals surface area contributed by atoms with Crippen LogP contribution in [0.5, 0.6) is 0 Å². The van der Waals surface area contributed by atoms with Crippen molar-refractivity contribution >= 4 is 47.6 Å². The first-order valence-corrected chi connectivity index (χ1v) is 17.4. The van der Waals surface area contributed by atoms with Gasteiger partial charge in [0.05, 0.1) is 6.61 Å². The summed E-state index contributed by atoms with van der Waals surface area (Å²) >= 11 is -1.10. The zero-order valence-corrected chi connectivity index (χ0v) is 24.1. The van der Waals surface area contributed by atoms with Crippen molar-refractivity contribution < 1.29 is 9.53 Å². The van der Waals surface area contributed by atoms with E-state index >= 15 is 0 Å². The maximum absolute atomic E-state index is 12.1. The molecule has 1 heterocycles. The molecule has 0 bridgehead atoms. The number of hydrogen-bond donors (Lipinski definition) is 0. The maximum atomic E-state index is 12.1. The first kappa shape index (κ1) is 25.7. The van der Waals surface area contributed by atoms with Crippen LogP contribution in [-0.4, -0.2) is 26.5 Å². The van der Waals surface area contributed by atoms with E-state index in [1.165, 1.54) is 43.8 Å². The van der Waals surface area contributed by atoms with E-state index in [0.717, 1.165) is 13.0 Å². The minimum absolute atomic E-state index is 0.263. The van der Waals surface area contributed by atoms with Crippen molar-refractivity contribution in [3.63, 3.8) is 0 Å². The number of rotatable bonds is 9. The Morgan fingerprint density at radius 3 is 2.14 bits per heavy atom. The predicted octanol–water partition coefficient (Wildman–Crippen LogP) is 8.32. The van der Waals surface area contributed by atoms with E-state index < -0.39 is 19.8 Å². The molecule has 3 aromatic carbocycles. The molecular formula is C31H38INO2. The summed E-state index contributed by atoms with van der Waals surface area (Å²) < 4.78 is 10.4. The topological polar surface area (TPSA) is 31.2 Å². The van der Waals surface area contributed by atoms with Crippen LogP contribution in [0, 0.1) is 8.99 Å². The third-order valence-corrected chi connectivity index (χ3v) is 12.2. The van der Waals surface area contributed by atoms with Crippen LogP contribution < -0.4 is 0 Å². The molecule has 35 heavy (non-hydrogen) atoms. The monoisotopic (exact) mass is 583 g/mol. The summed E-state index contributed by atoms with van der Waals surface area (Å²) in [4.78, 5) is 14.5. The molecule has 0 atom stereocenters. The first-order chi connectivity index (χ1) is 16.8. The zero-order chi connectivity index (χ0) is 25.2. The van der Waals surface area contributed by atoms with Gasteiger partial charge in [0.25, 0.3) is 0 Å². The van der Waals surface area contributed by atoms with E-state index in [1.807, 2.05) is 31.2 Å². The van der Waals surface area contributed by atoms with Gasteiger partial charge in [-0.2, -0.15) is 0 Å². The summed E-state index contributed by atoms with van der Waals surface area (Å²) in [5.74, 6) is -0.263. The Hall–Kier alpha value is -2.34. The fourth-order valence-corrected chi connectivity index (χ4v) is 7.10. The van der Waals surface area contributed by atoms with E-state index in [4.69, 9.17) is 4.74 Å². The number of carbonyl (C=O) groups is 1. The molecule has 0 radical (unpaired) electrons. The van der Waals surface area contributed by atoms with Gasteiger partial charge in [-0.1, -0.05) is 0 Å². The summed E-state index contributed by atoms with van der Waals surface area (Å²) in [5.41, 5.74) is 6.04. The Morgan fingerprint density at radius 1 is 0.886 bits per heavy atom. The van der Waals surface area contributed by atoms with Crippen molar-refractivity contribution in [2.45, 2.75) is 54.0 Å². The number of nitrogens with zero attached hydrogens (tertiary/aromatic N) is 1. The van der Waals surface area contributed by atoms with Gasteiger partial charge < -0.3 is 0 Å². The molecular weight excluding hydrogens is 545 g/mol. The molecule has 0 N–H and O–H groups in total. The average molecular weight is 584 g/mol. The fourth-order valence-electron chi connectivity index (χ4n) is 4.58. The third kappa shape index (κ3) is 5.58. The van der Waals surface area contributed by atoms with Crippen molar-refractivity contribution in [3.05, 3.63) is 80.9 Å². The molecule has 186 valence electrons. The van der Waals surface area contributed by atoms with Gasteiger partial charge >= 0.3 is 204 Å². The number of aromatic nitrogens is 1. The number of fused-ring (bicyclic) bond motifs is 3. The van der Waals surface area contributed by atoms with E-state index in [1.54, 1.807) is 3.57 Å². The summed E-state index contributed by atoms with van der Waals surface area (Å²) in [5, 5.41) is 2.73. The number of ether oxygens (including phenoxy) is 1. The Kier molecular flexibility index (Phi) is 7.89. The Labute approximate surface area is 217 Å². The molecule has 0 aliphatic heterocycles. The molecule has 0 saturated heterocycles. The zero-order valence-electron chi connectivity index (χ0n) is 22.0. The molecule has 4 heteroatoms. The SMILES string of the molecule is CCOC(=O)c1ccc(Cn2c3ccc(CC(C)(C)CC)cc3c3cc(I(C)CC)ccc32)cc1. The summed E-state index contributed by atoms with van der Waals surface area (Å²) in [6.07, 6.45) is 2.25. The van der Waals surface area contributed by atoms with Gasteiger partial charge in [-0.15, -0.1) is 0 Å². The summed E-state index contributed by atoms with van der Waals surface area (Å²) in [7, 11) is 0. The van der Waals surface area contributed by atoms with Crippen LogP contribution in [0.1, 0.15) is 62.5 Å². The second kappa shape index (κ2) is 10.7. The fraction of sp³-hybridized carbons (Fsp3) is 0.387. The Bertz CT molecular complexity index is 1330.